The van der Waals surface area contributed by atoms with Crippen LogP contribution in [0.4, 0.5) is 0 Å². The molecule has 4 heteroatoms. The molecular weight excluding hydrogens is 264 g/mol. The molecule has 1 aliphatic heterocycles. The van der Waals surface area contributed by atoms with E-state index >= 15 is 0 Å². The fourth-order valence-electron chi connectivity index (χ4n) is 3.22. The Morgan fingerprint density at radius 3 is 2.71 bits per heavy atom. The highest BCUT2D eigenvalue weighted by Gasteiger charge is 2.29. The lowest BCUT2D eigenvalue weighted by molar-refractivity contribution is -0.127. The van der Waals surface area contributed by atoms with Crippen molar-refractivity contribution in [2.45, 2.75) is 38.1 Å². The van der Waals surface area contributed by atoms with Crippen LogP contribution in [-0.2, 0) is 11.2 Å². The minimum absolute atomic E-state index is 0.125. The lowest BCUT2D eigenvalue weighted by atomic mass is 9.79. The molecule has 4 nitrogen and oxygen atoms in total. The zero-order valence-corrected chi connectivity index (χ0v) is 12.7. The molecule has 0 saturated heterocycles. The third kappa shape index (κ3) is 2.60. The summed E-state index contributed by atoms with van der Waals surface area (Å²) in [6, 6.07) is 6.26. The van der Waals surface area contributed by atoms with E-state index in [2.05, 4.69) is 11.4 Å². The molecule has 1 fully saturated rings. The lowest BCUT2D eigenvalue weighted by Gasteiger charge is -2.30. The van der Waals surface area contributed by atoms with Crippen LogP contribution in [0.2, 0.25) is 0 Å². The topological polar surface area (TPSA) is 49.4 Å². The molecule has 2 amide bonds. The molecule has 0 radical (unpaired) electrons. The Kier molecular flexibility index (Phi) is 3.81. The molecule has 1 aliphatic carbocycles. The van der Waals surface area contributed by atoms with Gasteiger partial charge in [0.1, 0.15) is 0 Å². The molecule has 1 aromatic rings. The number of carbonyl (C=O) groups is 2. The maximum Gasteiger partial charge on any atom is 0.260 e. The second kappa shape index (κ2) is 5.60. The number of hydrogen-bond donors (Lipinski definition) is 1. The highest BCUT2D eigenvalue weighted by molar-refractivity contribution is 6.09. The third-order valence-corrected chi connectivity index (χ3v) is 4.93. The van der Waals surface area contributed by atoms with E-state index in [0.717, 1.165) is 23.5 Å². The third-order valence-electron chi connectivity index (χ3n) is 4.93. The molecular formula is C17H22N2O2. The molecule has 1 saturated carbocycles. The van der Waals surface area contributed by atoms with Gasteiger partial charge in [-0.05, 0) is 36.6 Å². The van der Waals surface area contributed by atoms with Crippen LogP contribution in [0, 0.1) is 5.92 Å². The molecule has 1 heterocycles. The molecule has 3 rings (SSSR count). The van der Waals surface area contributed by atoms with E-state index in [-0.39, 0.29) is 17.9 Å². The monoisotopic (exact) mass is 286 g/mol. The van der Waals surface area contributed by atoms with Crippen molar-refractivity contribution in [3.8, 4) is 0 Å². The van der Waals surface area contributed by atoms with E-state index in [1.54, 1.807) is 7.05 Å². The Bertz CT molecular complexity index is 578. The van der Waals surface area contributed by atoms with Crippen molar-refractivity contribution in [2.24, 2.45) is 5.92 Å². The number of nitrogens with zero attached hydrogens (tertiary/aromatic N) is 1. The first-order valence-electron chi connectivity index (χ1n) is 7.71. The summed E-state index contributed by atoms with van der Waals surface area (Å²) >= 11 is 0. The molecule has 1 unspecified atom stereocenters. The second-order valence-electron chi connectivity index (χ2n) is 6.23. The summed E-state index contributed by atoms with van der Waals surface area (Å²) in [4.78, 5) is 25.2. The fourth-order valence-corrected chi connectivity index (χ4v) is 3.22. The number of nitrogens with one attached hydrogen (secondary N) is 1. The average Bonchev–Trinajstić information content (AvgIpc) is 2.44. The predicted molar refractivity (Wildman–Crippen MR) is 81.0 cm³/mol. The number of rotatable bonds is 4. The zero-order chi connectivity index (χ0) is 15.0. The smallest absolute Gasteiger partial charge is 0.260 e. The molecule has 1 aromatic carbocycles. The summed E-state index contributed by atoms with van der Waals surface area (Å²) < 4.78 is 0. The van der Waals surface area contributed by atoms with Gasteiger partial charge in [-0.2, -0.15) is 0 Å². The Labute approximate surface area is 125 Å². The van der Waals surface area contributed by atoms with Crippen LogP contribution >= 0.6 is 0 Å². The molecule has 112 valence electrons. The summed E-state index contributed by atoms with van der Waals surface area (Å²) in [5.74, 6) is 0.500. The van der Waals surface area contributed by atoms with Crippen LogP contribution in [-0.4, -0.2) is 30.8 Å². The van der Waals surface area contributed by atoms with Gasteiger partial charge < -0.3 is 5.32 Å². The van der Waals surface area contributed by atoms with Crippen LogP contribution in [0.5, 0.6) is 0 Å². The highest BCUT2D eigenvalue weighted by atomic mass is 16.2. The maximum absolute atomic E-state index is 12.3. The number of imide groups is 1. The van der Waals surface area contributed by atoms with Crippen molar-refractivity contribution in [3.05, 3.63) is 34.9 Å². The second-order valence-corrected chi connectivity index (χ2v) is 6.23. The van der Waals surface area contributed by atoms with Crippen molar-refractivity contribution in [2.75, 3.05) is 14.1 Å². The van der Waals surface area contributed by atoms with Gasteiger partial charge in [0.25, 0.3) is 5.91 Å². The minimum atomic E-state index is -0.179. The molecule has 0 bridgehead atoms. The van der Waals surface area contributed by atoms with Gasteiger partial charge in [0.2, 0.25) is 5.91 Å². The van der Waals surface area contributed by atoms with Gasteiger partial charge in [0.05, 0.1) is 6.42 Å². The molecule has 0 aromatic heterocycles. The molecule has 1 N–H and O–H groups in total. The van der Waals surface area contributed by atoms with Crippen LogP contribution in [0.25, 0.3) is 0 Å². The Balaban J connectivity index is 1.87. The van der Waals surface area contributed by atoms with Crippen LogP contribution in [0.3, 0.4) is 0 Å². The van der Waals surface area contributed by atoms with E-state index in [1.807, 2.05) is 19.2 Å². The van der Waals surface area contributed by atoms with Crippen molar-refractivity contribution < 1.29 is 9.59 Å². The van der Waals surface area contributed by atoms with Crippen LogP contribution in [0.1, 0.15) is 53.2 Å². The zero-order valence-electron chi connectivity index (χ0n) is 12.7. The normalized spacial score (nSPS) is 20.2. The highest BCUT2D eigenvalue weighted by Crippen LogP contribution is 2.35. The first-order chi connectivity index (χ1) is 10.1. The predicted octanol–water partition coefficient (Wildman–Crippen LogP) is 2.29. The number of benzene rings is 1. The van der Waals surface area contributed by atoms with Gasteiger partial charge >= 0.3 is 0 Å². The number of likely N-dealkylation sites (N-methyl/N-ethyl adjacent to an activating group) is 1. The minimum Gasteiger partial charge on any atom is -0.313 e. The first kappa shape index (κ1) is 14.3. The van der Waals surface area contributed by atoms with Crippen LogP contribution in [0.15, 0.2) is 18.2 Å². The van der Waals surface area contributed by atoms with E-state index in [4.69, 9.17) is 0 Å². The van der Waals surface area contributed by atoms with Gasteiger partial charge in [-0.15, -0.1) is 0 Å². The lowest BCUT2D eigenvalue weighted by Crippen LogP contribution is -2.39. The van der Waals surface area contributed by atoms with E-state index in [0.29, 0.717) is 12.0 Å². The van der Waals surface area contributed by atoms with Gasteiger partial charge in [0.15, 0.2) is 0 Å². The van der Waals surface area contributed by atoms with Gasteiger partial charge in [-0.3, -0.25) is 14.5 Å². The quantitative estimate of drug-likeness (QED) is 0.864. The number of carbonyl (C=O) groups excluding carboxylic acids is 2. The summed E-state index contributed by atoms with van der Waals surface area (Å²) in [5, 5.41) is 3.37. The Morgan fingerprint density at radius 2 is 2.10 bits per heavy atom. The van der Waals surface area contributed by atoms with Crippen molar-refractivity contribution in [1.82, 2.24) is 10.2 Å². The van der Waals surface area contributed by atoms with Gasteiger partial charge in [0, 0.05) is 18.7 Å². The van der Waals surface area contributed by atoms with Gasteiger partial charge in [-0.25, -0.2) is 0 Å². The number of hydrogen-bond acceptors (Lipinski definition) is 3. The van der Waals surface area contributed by atoms with Gasteiger partial charge in [-0.1, -0.05) is 31.4 Å². The number of fused-ring (bicyclic) bond motifs is 1. The largest absolute Gasteiger partial charge is 0.313 e. The summed E-state index contributed by atoms with van der Waals surface area (Å²) in [6.07, 6.45) is 5.43. The first-order valence-corrected chi connectivity index (χ1v) is 7.71. The maximum atomic E-state index is 12.3. The Hall–Kier alpha value is -1.68. The van der Waals surface area contributed by atoms with E-state index in [9.17, 15) is 9.59 Å². The standard InChI is InChI=1S/C17H22N2O2/c1-18-15(8-11-4-3-5-11)13-7-6-12-10-16(20)19(2)17(21)14(12)9-13/h6-7,9,11,15,18H,3-5,8,10H2,1-2H3. The van der Waals surface area contributed by atoms with E-state index in [1.165, 1.54) is 24.2 Å². The van der Waals surface area contributed by atoms with Crippen LogP contribution < -0.4 is 5.32 Å². The molecule has 21 heavy (non-hydrogen) atoms. The fraction of sp³-hybridized carbons (Fsp3) is 0.529. The SMILES string of the molecule is CNC(CC1CCC1)c1ccc2c(c1)C(=O)N(C)C(=O)C2. The summed E-state index contributed by atoms with van der Waals surface area (Å²) in [7, 11) is 3.53. The summed E-state index contributed by atoms with van der Waals surface area (Å²) in [5.41, 5.74) is 2.69. The average molecular weight is 286 g/mol. The van der Waals surface area contributed by atoms with Crippen molar-refractivity contribution in [3.63, 3.8) is 0 Å². The summed E-state index contributed by atoms with van der Waals surface area (Å²) in [6.45, 7) is 0. The van der Waals surface area contributed by atoms with E-state index < -0.39 is 0 Å². The Morgan fingerprint density at radius 1 is 1.33 bits per heavy atom. The molecule has 2 aliphatic rings. The molecule has 1 atom stereocenters. The van der Waals surface area contributed by atoms with Crippen molar-refractivity contribution >= 4 is 11.8 Å². The van der Waals surface area contributed by atoms with Crippen molar-refractivity contribution in [1.29, 1.82) is 0 Å². The number of amides is 2. The molecule has 0 spiro atoms.